The van der Waals surface area contributed by atoms with Crippen LogP contribution in [-0.2, 0) is 11.3 Å². The summed E-state index contributed by atoms with van der Waals surface area (Å²) < 4.78 is 5.30. The Bertz CT molecular complexity index is 377. The maximum Gasteiger partial charge on any atom is 0.344 e. The van der Waals surface area contributed by atoms with Crippen LogP contribution >= 0.6 is 0 Å². The third kappa shape index (κ3) is 4.87. The van der Waals surface area contributed by atoms with Gasteiger partial charge in [0.15, 0.2) is 6.10 Å². The first-order chi connectivity index (χ1) is 7.99. The van der Waals surface area contributed by atoms with Gasteiger partial charge in [-0.15, -0.1) is 0 Å². The van der Waals surface area contributed by atoms with E-state index in [1.165, 1.54) is 6.92 Å². The van der Waals surface area contributed by atoms with Crippen molar-refractivity contribution in [2.75, 3.05) is 0 Å². The van der Waals surface area contributed by atoms with E-state index in [0.29, 0.717) is 11.8 Å². The summed E-state index contributed by atoms with van der Waals surface area (Å²) in [4.78, 5) is 10.7. The number of carboxylic acids is 1. The maximum atomic E-state index is 10.7. The lowest BCUT2D eigenvalue weighted by molar-refractivity contribution is -0.144. The number of carbonyl (C=O) groups is 1. The second-order valence-corrected chi connectivity index (χ2v) is 4.28. The number of benzene rings is 1. The van der Waals surface area contributed by atoms with Crippen LogP contribution in [0.4, 0.5) is 0 Å². The van der Waals surface area contributed by atoms with Gasteiger partial charge in [-0.1, -0.05) is 26.0 Å². The van der Waals surface area contributed by atoms with E-state index in [0.717, 1.165) is 12.1 Å². The molecular formula is C13H19NO3. The zero-order valence-corrected chi connectivity index (χ0v) is 10.4. The normalized spacial score (nSPS) is 12.5. The topological polar surface area (TPSA) is 58.6 Å². The molecule has 0 saturated heterocycles. The van der Waals surface area contributed by atoms with Gasteiger partial charge >= 0.3 is 5.97 Å². The Balaban J connectivity index is 2.62. The first-order valence-electron chi connectivity index (χ1n) is 5.71. The highest BCUT2D eigenvalue weighted by molar-refractivity contribution is 5.72. The van der Waals surface area contributed by atoms with Crippen molar-refractivity contribution in [2.45, 2.75) is 39.5 Å². The van der Waals surface area contributed by atoms with Crippen molar-refractivity contribution >= 4 is 5.97 Å². The number of rotatable bonds is 6. The van der Waals surface area contributed by atoms with E-state index < -0.39 is 12.1 Å². The number of hydrogen-bond acceptors (Lipinski definition) is 3. The Morgan fingerprint density at radius 3 is 2.71 bits per heavy atom. The lowest BCUT2D eigenvalue weighted by Crippen LogP contribution is -2.23. The fraction of sp³-hybridized carbons (Fsp3) is 0.462. The predicted molar refractivity (Wildman–Crippen MR) is 66.1 cm³/mol. The molecule has 0 amide bonds. The van der Waals surface area contributed by atoms with Crippen LogP contribution in [0.25, 0.3) is 0 Å². The Morgan fingerprint density at radius 2 is 2.12 bits per heavy atom. The van der Waals surface area contributed by atoms with E-state index in [9.17, 15) is 4.79 Å². The van der Waals surface area contributed by atoms with Crippen molar-refractivity contribution in [1.29, 1.82) is 0 Å². The van der Waals surface area contributed by atoms with Gasteiger partial charge < -0.3 is 15.2 Å². The van der Waals surface area contributed by atoms with Crippen molar-refractivity contribution in [1.82, 2.24) is 5.32 Å². The third-order valence-electron chi connectivity index (χ3n) is 2.27. The molecule has 1 unspecified atom stereocenters. The number of nitrogens with one attached hydrogen (secondary N) is 1. The molecule has 17 heavy (non-hydrogen) atoms. The van der Waals surface area contributed by atoms with E-state index in [4.69, 9.17) is 9.84 Å². The van der Waals surface area contributed by atoms with E-state index in [-0.39, 0.29) is 0 Å². The summed E-state index contributed by atoms with van der Waals surface area (Å²) in [5.74, 6) is -0.376. The molecule has 4 nitrogen and oxygen atoms in total. The first kappa shape index (κ1) is 13.5. The molecule has 0 fully saturated rings. The van der Waals surface area contributed by atoms with Crippen molar-refractivity contribution in [2.24, 2.45) is 0 Å². The van der Waals surface area contributed by atoms with E-state index in [1.807, 2.05) is 18.2 Å². The van der Waals surface area contributed by atoms with Gasteiger partial charge in [0.2, 0.25) is 0 Å². The molecule has 0 saturated carbocycles. The van der Waals surface area contributed by atoms with Gasteiger partial charge in [0.05, 0.1) is 0 Å². The molecule has 1 aromatic rings. The molecular weight excluding hydrogens is 218 g/mol. The number of carboxylic acid groups (broad SMARTS) is 1. The largest absolute Gasteiger partial charge is 0.479 e. The lowest BCUT2D eigenvalue weighted by atomic mass is 10.2. The zero-order valence-electron chi connectivity index (χ0n) is 10.4. The highest BCUT2D eigenvalue weighted by atomic mass is 16.5. The Hall–Kier alpha value is -1.55. The van der Waals surface area contributed by atoms with Crippen LogP contribution in [0.15, 0.2) is 24.3 Å². The summed E-state index contributed by atoms with van der Waals surface area (Å²) in [6.07, 6.45) is -0.830. The predicted octanol–water partition coefficient (Wildman–Crippen LogP) is 2.04. The Kier molecular flexibility index (Phi) is 4.97. The lowest BCUT2D eigenvalue weighted by Gasteiger charge is -2.12. The number of hydrogen-bond donors (Lipinski definition) is 2. The zero-order chi connectivity index (χ0) is 12.8. The van der Waals surface area contributed by atoms with Crippen LogP contribution in [0.1, 0.15) is 26.3 Å². The second kappa shape index (κ2) is 6.25. The molecule has 0 radical (unpaired) electrons. The van der Waals surface area contributed by atoms with Crippen molar-refractivity contribution in [3.8, 4) is 5.75 Å². The van der Waals surface area contributed by atoms with Crippen LogP contribution in [0.2, 0.25) is 0 Å². The van der Waals surface area contributed by atoms with Crippen LogP contribution in [0.5, 0.6) is 5.75 Å². The molecule has 1 atom stereocenters. The van der Waals surface area contributed by atoms with Gasteiger partial charge in [-0.2, -0.15) is 0 Å². The second-order valence-electron chi connectivity index (χ2n) is 4.28. The molecule has 1 rings (SSSR count). The molecule has 1 aromatic carbocycles. The van der Waals surface area contributed by atoms with E-state index in [1.54, 1.807) is 6.07 Å². The van der Waals surface area contributed by atoms with Gasteiger partial charge in [-0.25, -0.2) is 4.79 Å². The van der Waals surface area contributed by atoms with Crippen LogP contribution in [-0.4, -0.2) is 23.2 Å². The maximum absolute atomic E-state index is 10.7. The third-order valence-corrected chi connectivity index (χ3v) is 2.27. The Labute approximate surface area is 102 Å². The molecule has 0 aromatic heterocycles. The van der Waals surface area contributed by atoms with Gasteiger partial charge in [0.25, 0.3) is 0 Å². The average molecular weight is 237 g/mol. The number of aliphatic carboxylic acids is 1. The summed E-state index contributed by atoms with van der Waals surface area (Å²) in [7, 11) is 0. The van der Waals surface area contributed by atoms with Crippen molar-refractivity contribution in [3.63, 3.8) is 0 Å². The van der Waals surface area contributed by atoms with Gasteiger partial charge in [-0.05, 0) is 24.6 Å². The molecule has 0 aliphatic carbocycles. The molecule has 4 heteroatoms. The summed E-state index contributed by atoms with van der Waals surface area (Å²) in [6.45, 7) is 6.41. The summed E-state index contributed by atoms with van der Waals surface area (Å²) >= 11 is 0. The Morgan fingerprint density at radius 1 is 1.41 bits per heavy atom. The van der Waals surface area contributed by atoms with Crippen LogP contribution in [0.3, 0.4) is 0 Å². The highest BCUT2D eigenvalue weighted by Crippen LogP contribution is 2.15. The summed E-state index contributed by atoms with van der Waals surface area (Å²) in [6, 6.07) is 7.87. The number of ether oxygens (including phenoxy) is 1. The molecule has 0 aliphatic rings. The SMILES string of the molecule is CC(C)NCc1cccc(OC(C)C(=O)O)c1. The average Bonchev–Trinajstić information content (AvgIpc) is 2.26. The minimum atomic E-state index is -0.962. The van der Waals surface area contributed by atoms with Crippen molar-refractivity contribution in [3.05, 3.63) is 29.8 Å². The minimum Gasteiger partial charge on any atom is -0.479 e. The monoisotopic (exact) mass is 237 g/mol. The fourth-order valence-corrected chi connectivity index (χ4v) is 1.31. The van der Waals surface area contributed by atoms with Crippen LogP contribution < -0.4 is 10.1 Å². The summed E-state index contributed by atoms with van der Waals surface area (Å²) in [5.41, 5.74) is 1.08. The standard InChI is InChI=1S/C13H19NO3/c1-9(2)14-8-11-5-4-6-12(7-11)17-10(3)13(15)16/h4-7,9-10,14H,8H2,1-3H3,(H,15,16). The van der Waals surface area contributed by atoms with Gasteiger partial charge in [0.1, 0.15) is 5.75 Å². The molecule has 0 bridgehead atoms. The molecule has 0 heterocycles. The first-order valence-corrected chi connectivity index (χ1v) is 5.71. The molecule has 2 N–H and O–H groups in total. The van der Waals surface area contributed by atoms with Gasteiger partial charge in [-0.3, -0.25) is 0 Å². The molecule has 0 spiro atoms. The highest BCUT2D eigenvalue weighted by Gasteiger charge is 2.12. The van der Waals surface area contributed by atoms with E-state index in [2.05, 4.69) is 19.2 Å². The van der Waals surface area contributed by atoms with Gasteiger partial charge in [0, 0.05) is 12.6 Å². The quantitative estimate of drug-likeness (QED) is 0.795. The molecule has 0 aliphatic heterocycles. The minimum absolute atomic E-state index is 0.414. The smallest absolute Gasteiger partial charge is 0.344 e. The van der Waals surface area contributed by atoms with E-state index >= 15 is 0 Å². The summed E-state index contributed by atoms with van der Waals surface area (Å²) in [5, 5.41) is 12.0. The molecule has 94 valence electrons. The van der Waals surface area contributed by atoms with Crippen molar-refractivity contribution < 1.29 is 14.6 Å². The fourth-order valence-electron chi connectivity index (χ4n) is 1.31. The van der Waals surface area contributed by atoms with Crippen LogP contribution in [0, 0.1) is 0 Å².